The van der Waals surface area contributed by atoms with E-state index in [-0.39, 0.29) is 41.8 Å². The number of benzene rings is 1. The lowest BCUT2D eigenvalue weighted by molar-refractivity contribution is -0.133. The number of hydrogen-bond acceptors (Lipinski definition) is 8. The fourth-order valence-corrected chi connectivity index (χ4v) is 5.20. The molecule has 1 unspecified atom stereocenters. The maximum absolute atomic E-state index is 12.9. The van der Waals surface area contributed by atoms with Crippen LogP contribution in [-0.2, 0) is 19.4 Å². The van der Waals surface area contributed by atoms with E-state index in [4.69, 9.17) is 9.47 Å². The molecule has 1 fully saturated rings. The van der Waals surface area contributed by atoms with Gasteiger partial charge in [-0.25, -0.2) is 18.4 Å². The van der Waals surface area contributed by atoms with Gasteiger partial charge < -0.3 is 14.8 Å². The molecule has 0 radical (unpaired) electrons. The summed E-state index contributed by atoms with van der Waals surface area (Å²) in [6.07, 6.45) is 2.10. The third kappa shape index (κ3) is 4.88. The number of nitrogens with zero attached hydrogens (tertiary/aromatic N) is 3. The van der Waals surface area contributed by atoms with Crippen molar-refractivity contribution in [3.05, 3.63) is 42.6 Å². The first-order valence-electron chi connectivity index (χ1n) is 10.0. The van der Waals surface area contributed by atoms with Crippen molar-refractivity contribution in [3.63, 3.8) is 0 Å². The third-order valence-electron chi connectivity index (χ3n) is 5.17. The Labute approximate surface area is 185 Å². The van der Waals surface area contributed by atoms with Gasteiger partial charge in [-0.05, 0) is 42.8 Å². The van der Waals surface area contributed by atoms with E-state index in [0.29, 0.717) is 23.6 Å². The van der Waals surface area contributed by atoms with Crippen LogP contribution in [0, 0.1) is 0 Å². The van der Waals surface area contributed by atoms with Gasteiger partial charge in [0.05, 0.1) is 24.7 Å². The van der Waals surface area contributed by atoms with Crippen LogP contribution in [0.2, 0.25) is 0 Å². The first-order chi connectivity index (χ1) is 15.3. The number of methoxy groups -OCH3 is 1. The lowest BCUT2D eigenvalue weighted by atomic mass is 10.1. The minimum absolute atomic E-state index is 0.0141. The van der Waals surface area contributed by atoms with Crippen LogP contribution in [0.15, 0.2) is 47.7 Å². The zero-order valence-electron chi connectivity index (χ0n) is 17.4. The Morgan fingerprint density at radius 3 is 2.59 bits per heavy atom. The Hall–Kier alpha value is -3.47. The van der Waals surface area contributed by atoms with E-state index >= 15 is 0 Å². The molecule has 2 aromatic rings. The van der Waals surface area contributed by atoms with E-state index < -0.39 is 21.8 Å². The number of ether oxygens (including phenoxy) is 2. The fraction of sp³-hybridized carbons (Fsp3) is 0.333. The van der Waals surface area contributed by atoms with E-state index in [9.17, 15) is 18.0 Å². The number of carbonyl (C=O) groups is 2. The van der Waals surface area contributed by atoms with Crippen molar-refractivity contribution in [2.24, 2.45) is 5.10 Å². The van der Waals surface area contributed by atoms with Crippen LogP contribution in [0.3, 0.4) is 0 Å². The van der Waals surface area contributed by atoms with Crippen LogP contribution < -0.4 is 14.8 Å². The highest BCUT2D eigenvalue weighted by molar-refractivity contribution is 7.91. The van der Waals surface area contributed by atoms with Crippen LogP contribution in [0.5, 0.6) is 17.4 Å². The maximum atomic E-state index is 12.9. The fourth-order valence-electron chi connectivity index (χ4n) is 3.51. The Kier molecular flexibility index (Phi) is 6.08. The normalized spacial score (nSPS) is 19.9. The Balaban J connectivity index is 1.50. The molecule has 2 aliphatic rings. The van der Waals surface area contributed by atoms with Crippen LogP contribution in [0.1, 0.15) is 19.3 Å². The number of sulfone groups is 1. The van der Waals surface area contributed by atoms with E-state index in [1.807, 2.05) is 0 Å². The summed E-state index contributed by atoms with van der Waals surface area (Å²) in [5, 5.41) is 8.07. The summed E-state index contributed by atoms with van der Waals surface area (Å²) < 4.78 is 34.5. The molecule has 10 nitrogen and oxygen atoms in total. The molecule has 2 aliphatic heterocycles. The minimum Gasteiger partial charge on any atom is -0.497 e. The number of amides is 2. The molecule has 1 aromatic heterocycles. The van der Waals surface area contributed by atoms with Crippen molar-refractivity contribution in [1.29, 1.82) is 0 Å². The molecular formula is C21H22N4O6S. The van der Waals surface area contributed by atoms with E-state index in [2.05, 4.69) is 15.4 Å². The summed E-state index contributed by atoms with van der Waals surface area (Å²) in [5.41, 5.74) is 0.482. The molecule has 1 saturated heterocycles. The molecule has 32 heavy (non-hydrogen) atoms. The van der Waals surface area contributed by atoms with Crippen molar-refractivity contribution in [1.82, 2.24) is 9.99 Å². The molecule has 0 aliphatic carbocycles. The van der Waals surface area contributed by atoms with Crippen LogP contribution in [0.25, 0.3) is 0 Å². The quantitative estimate of drug-likeness (QED) is 0.701. The molecule has 11 heteroatoms. The highest BCUT2D eigenvalue weighted by Crippen LogP contribution is 2.29. The number of hydrogen-bond donors (Lipinski definition) is 1. The van der Waals surface area contributed by atoms with Crippen molar-refractivity contribution >= 4 is 33.1 Å². The monoisotopic (exact) mass is 458 g/mol. The number of pyridine rings is 1. The molecule has 2 amide bonds. The third-order valence-corrected chi connectivity index (χ3v) is 6.92. The molecule has 4 rings (SSSR count). The van der Waals surface area contributed by atoms with Gasteiger partial charge in [-0.3, -0.25) is 9.59 Å². The molecule has 1 N–H and O–H groups in total. The van der Waals surface area contributed by atoms with Crippen molar-refractivity contribution in [2.45, 2.75) is 25.3 Å². The van der Waals surface area contributed by atoms with E-state index in [1.54, 1.807) is 43.5 Å². The van der Waals surface area contributed by atoms with Gasteiger partial charge in [0.1, 0.15) is 22.9 Å². The molecule has 3 heterocycles. The number of rotatable bonds is 6. The van der Waals surface area contributed by atoms with Gasteiger partial charge in [0.25, 0.3) is 5.91 Å². The second kappa shape index (κ2) is 8.95. The first-order valence-corrected chi connectivity index (χ1v) is 11.8. The van der Waals surface area contributed by atoms with Gasteiger partial charge in [-0.2, -0.15) is 5.10 Å². The van der Waals surface area contributed by atoms with Gasteiger partial charge in [0.2, 0.25) is 11.8 Å². The summed E-state index contributed by atoms with van der Waals surface area (Å²) >= 11 is 0. The van der Waals surface area contributed by atoms with Crippen LogP contribution in [0.4, 0.5) is 5.69 Å². The topological polar surface area (TPSA) is 127 Å². The minimum atomic E-state index is -3.19. The number of carbonyl (C=O) groups excluding carboxylic acids is 2. The number of aromatic nitrogens is 1. The molecule has 0 saturated carbocycles. The summed E-state index contributed by atoms with van der Waals surface area (Å²) in [6.45, 7) is 0. The largest absolute Gasteiger partial charge is 0.497 e. The predicted octanol–water partition coefficient (Wildman–Crippen LogP) is 1.99. The summed E-state index contributed by atoms with van der Waals surface area (Å²) in [5.74, 6) is 0.465. The summed E-state index contributed by atoms with van der Waals surface area (Å²) in [4.78, 5) is 29.3. The van der Waals surface area contributed by atoms with Gasteiger partial charge in [0.15, 0.2) is 9.84 Å². The average molecular weight is 458 g/mol. The summed E-state index contributed by atoms with van der Waals surface area (Å²) in [7, 11) is -1.62. The summed E-state index contributed by atoms with van der Waals surface area (Å²) in [6, 6.07) is 9.65. The Morgan fingerprint density at radius 2 is 1.91 bits per heavy atom. The number of hydrazone groups is 1. The SMILES string of the molecule is COc1ccc(Oc2ncccc2NC(=O)C2=NN(C3CCS(=O)(=O)C3)C(=O)CC2)cc1. The van der Waals surface area contributed by atoms with E-state index in [0.717, 1.165) is 5.01 Å². The van der Waals surface area contributed by atoms with Crippen LogP contribution >= 0.6 is 0 Å². The molecule has 0 spiro atoms. The van der Waals surface area contributed by atoms with Crippen molar-refractivity contribution in [2.75, 3.05) is 23.9 Å². The zero-order chi connectivity index (χ0) is 22.7. The molecule has 168 valence electrons. The lowest BCUT2D eigenvalue weighted by Crippen LogP contribution is -2.42. The molecule has 1 aromatic carbocycles. The Bertz CT molecular complexity index is 1160. The van der Waals surface area contributed by atoms with Crippen molar-refractivity contribution in [3.8, 4) is 17.4 Å². The lowest BCUT2D eigenvalue weighted by Gasteiger charge is -2.27. The molecule has 1 atom stereocenters. The molecular weight excluding hydrogens is 436 g/mol. The smallest absolute Gasteiger partial charge is 0.272 e. The first kappa shape index (κ1) is 21.8. The maximum Gasteiger partial charge on any atom is 0.272 e. The number of nitrogens with one attached hydrogen (secondary N) is 1. The standard InChI is InChI=1S/C21H22N4O6S/c1-30-15-4-6-16(7-5-15)31-21-18(3-2-11-22-21)23-20(27)17-8-9-19(26)25(24-17)14-10-12-32(28,29)13-14/h2-7,11,14H,8-10,12-13H2,1H3,(H,23,27). The van der Waals surface area contributed by atoms with Gasteiger partial charge in [0, 0.05) is 19.0 Å². The second-order valence-electron chi connectivity index (χ2n) is 7.43. The zero-order valence-corrected chi connectivity index (χ0v) is 18.2. The predicted molar refractivity (Wildman–Crippen MR) is 117 cm³/mol. The highest BCUT2D eigenvalue weighted by Gasteiger charge is 2.37. The molecule has 0 bridgehead atoms. The van der Waals surface area contributed by atoms with Gasteiger partial charge in [-0.15, -0.1) is 0 Å². The van der Waals surface area contributed by atoms with Gasteiger partial charge >= 0.3 is 0 Å². The second-order valence-corrected chi connectivity index (χ2v) is 9.66. The van der Waals surface area contributed by atoms with Gasteiger partial charge in [-0.1, -0.05) is 0 Å². The van der Waals surface area contributed by atoms with E-state index in [1.165, 1.54) is 6.20 Å². The Morgan fingerprint density at radius 1 is 1.16 bits per heavy atom. The number of anilines is 1. The van der Waals surface area contributed by atoms with Crippen LogP contribution in [-0.4, -0.2) is 60.6 Å². The highest BCUT2D eigenvalue weighted by atomic mass is 32.2. The van der Waals surface area contributed by atoms with Crippen molar-refractivity contribution < 1.29 is 27.5 Å². The average Bonchev–Trinajstić information content (AvgIpc) is 3.15.